The van der Waals surface area contributed by atoms with E-state index in [1.807, 2.05) is 18.2 Å². The zero-order valence-corrected chi connectivity index (χ0v) is 13.3. The van der Waals surface area contributed by atoms with Crippen molar-refractivity contribution in [2.24, 2.45) is 0 Å². The number of ether oxygens (including phenoxy) is 1. The third-order valence-electron chi connectivity index (χ3n) is 2.82. The van der Waals surface area contributed by atoms with Gasteiger partial charge in [0.05, 0.1) is 23.0 Å². The molecule has 0 aliphatic carbocycles. The number of rotatable bonds is 3. The number of hydrogen-bond acceptors (Lipinski definition) is 6. The predicted molar refractivity (Wildman–Crippen MR) is 86.5 cm³/mol. The van der Waals surface area contributed by atoms with Crippen LogP contribution in [0.25, 0.3) is 21.5 Å². The van der Waals surface area contributed by atoms with Gasteiger partial charge in [-0.2, -0.15) is 9.97 Å². The van der Waals surface area contributed by atoms with E-state index in [0.29, 0.717) is 16.0 Å². The van der Waals surface area contributed by atoms with E-state index >= 15 is 0 Å². The minimum absolute atomic E-state index is 0.147. The van der Waals surface area contributed by atoms with Crippen LogP contribution in [0, 0.1) is 0 Å². The van der Waals surface area contributed by atoms with Crippen molar-refractivity contribution in [1.82, 2.24) is 15.0 Å². The van der Waals surface area contributed by atoms with Crippen LogP contribution in [0.3, 0.4) is 0 Å². The maximum Gasteiger partial charge on any atom is 0.318 e. The number of hydrogen-bond donors (Lipinski definition) is 1. The van der Waals surface area contributed by atoms with Gasteiger partial charge >= 0.3 is 6.01 Å². The maximum atomic E-state index is 11.1. The van der Waals surface area contributed by atoms with Crippen LogP contribution in [0.2, 0.25) is 5.15 Å². The molecule has 0 unspecified atom stereocenters. The van der Waals surface area contributed by atoms with Crippen LogP contribution in [0.15, 0.2) is 24.3 Å². The molecule has 0 spiro atoms. The van der Waals surface area contributed by atoms with E-state index in [4.69, 9.17) is 16.3 Å². The van der Waals surface area contributed by atoms with E-state index in [9.17, 15) is 4.79 Å². The van der Waals surface area contributed by atoms with E-state index in [1.54, 1.807) is 6.07 Å². The van der Waals surface area contributed by atoms with Crippen molar-refractivity contribution in [1.29, 1.82) is 0 Å². The predicted octanol–water partition coefficient (Wildman–Crippen LogP) is 3.37. The van der Waals surface area contributed by atoms with E-state index in [2.05, 4.69) is 20.3 Å². The van der Waals surface area contributed by atoms with Crippen LogP contribution < -0.4 is 10.1 Å². The van der Waals surface area contributed by atoms with Crippen LogP contribution in [0.5, 0.6) is 6.01 Å². The smallest absolute Gasteiger partial charge is 0.318 e. The van der Waals surface area contributed by atoms with Gasteiger partial charge in [-0.1, -0.05) is 29.0 Å². The fourth-order valence-corrected chi connectivity index (χ4v) is 3.05. The number of anilines is 1. The number of halogens is 1. The molecule has 0 saturated heterocycles. The SMILES string of the molecule is COc1nc(Cl)cc(-c2ccc3nc(NC(C)=O)sc3c2)n1. The molecule has 3 aromatic rings. The number of nitrogens with one attached hydrogen (secondary N) is 1. The molecular formula is C14H11ClN4O2S. The van der Waals surface area contributed by atoms with Crippen molar-refractivity contribution >= 4 is 44.2 Å². The largest absolute Gasteiger partial charge is 0.467 e. The highest BCUT2D eigenvalue weighted by Gasteiger charge is 2.10. The minimum Gasteiger partial charge on any atom is -0.467 e. The highest BCUT2D eigenvalue weighted by molar-refractivity contribution is 7.22. The van der Waals surface area contributed by atoms with Crippen LogP contribution in [-0.4, -0.2) is 28.0 Å². The lowest BCUT2D eigenvalue weighted by molar-refractivity contribution is -0.114. The molecule has 0 radical (unpaired) electrons. The van der Waals surface area contributed by atoms with Crippen LogP contribution in [0.4, 0.5) is 5.13 Å². The number of amides is 1. The molecule has 6 nitrogen and oxygen atoms in total. The lowest BCUT2D eigenvalue weighted by atomic mass is 10.1. The second-order valence-electron chi connectivity index (χ2n) is 4.45. The van der Waals surface area contributed by atoms with Crippen molar-refractivity contribution in [3.05, 3.63) is 29.4 Å². The van der Waals surface area contributed by atoms with Gasteiger partial charge in [-0.05, 0) is 12.1 Å². The van der Waals surface area contributed by atoms with Crippen molar-refractivity contribution < 1.29 is 9.53 Å². The maximum absolute atomic E-state index is 11.1. The monoisotopic (exact) mass is 334 g/mol. The molecule has 3 rings (SSSR count). The number of nitrogens with zero attached hydrogens (tertiary/aromatic N) is 3. The first-order chi connectivity index (χ1) is 10.5. The molecule has 0 bridgehead atoms. The van der Waals surface area contributed by atoms with Crippen LogP contribution in [0.1, 0.15) is 6.92 Å². The van der Waals surface area contributed by atoms with Crippen molar-refractivity contribution in [2.75, 3.05) is 12.4 Å². The van der Waals surface area contributed by atoms with E-state index in [-0.39, 0.29) is 11.9 Å². The first kappa shape index (κ1) is 14.7. The summed E-state index contributed by atoms with van der Waals surface area (Å²) in [4.78, 5) is 23.7. The van der Waals surface area contributed by atoms with E-state index < -0.39 is 0 Å². The Bertz CT molecular complexity index is 865. The molecule has 8 heteroatoms. The average molecular weight is 335 g/mol. The molecule has 22 heavy (non-hydrogen) atoms. The first-order valence-corrected chi connectivity index (χ1v) is 7.52. The molecule has 0 saturated carbocycles. The van der Waals surface area contributed by atoms with E-state index in [1.165, 1.54) is 25.4 Å². The molecule has 0 atom stereocenters. The summed E-state index contributed by atoms with van der Waals surface area (Å²) >= 11 is 7.37. The number of aromatic nitrogens is 3. The Morgan fingerprint density at radius 1 is 1.27 bits per heavy atom. The summed E-state index contributed by atoms with van der Waals surface area (Å²) in [6, 6.07) is 7.58. The Kier molecular flexibility index (Phi) is 3.91. The van der Waals surface area contributed by atoms with Gasteiger partial charge in [-0.15, -0.1) is 0 Å². The summed E-state index contributed by atoms with van der Waals surface area (Å²) < 4.78 is 5.97. The van der Waals surface area contributed by atoms with Gasteiger partial charge in [-0.25, -0.2) is 4.98 Å². The van der Waals surface area contributed by atoms with Gasteiger partial charge in [0.2, 0.25) is 5.91 Å². The second kappa shape index (κ2) is 5.86. The Morgan fingerprint density at radius 2 is 2.09 bits per heavy atom. The molecule has 1 N–H and O–H groups in total. The highest BCUT2D eigenvalue weighted by atomic mass is 35.5. The summed E-state index contributed by atoms with van der Waals surface area (Å²) in [5, 5.41) is 3.56. The first-order valence-electron chi connectivity index (χ1n) is 6.32. The summed E-state index contributed by atoms with van der Waals surface area (Å²) in [6.07, 6.45) is 0. The van der Waals surface area contributed by atoms with Crippen molar-refractivity contribution in [3.63, 3.8) is 0 Å². The van der Waals surface area contributed by atoms with Gasteiger partial charge in [0.25, 0.3) is 0 Å². The van der Waals surface area contributed by atoms with Crippen molar-refractivity contribution in [2.45, 2.75) is 6.92 Å². The van der Waals surface area contributed by atoms with Gasteiger partial charge in [0.15, 0.2) is 5.13 Å². The number of methoxy groups -OCH3 is 1. The Morgan fingerprint density at radius 3 is 2.82 bits per heavy atom. The molecule has 1 amide bonds. The van der Waals surface area contributed by atoms with E-state index in [0.717, 1.165) is 15.8 Å². The fraction of sp³-hybridized carbons (Fsp3) is 0.143. The third kappa shape index (κ3) is 3.00. The molecule has 0 aliphatic heterocycles. The quantitative estimate of drug-likeness (QED) is 0.743. The molecular weight excluding hydrogens is 324 g/mol. The lowest BCUT2D eigenvalue weighted by Gasteiger charge is -2.04. The zero-order chi connectivity index (χ0) is 15.7. The van der Waals surface area contributed by atoms with Crippen LogP contribution in [-0.2, 0) is 4.79 Å². The van der Waals surface area contributed by atoms with Gasteiger partial charge in [0.1, 0.15) is 5.15 Å². The molecule has 0 fully saturated rings. The van der Waals surface area contributed by atoms with Crippen molar-refractivity contribution in [3.8, 4) is 17.3 Å². The number of fused-ring (bicyclic) bond motifs is 1. The second-order valence-corrected chi connectivity index (χ2v) is 5.86. The molecule has 2 heterocycles. The lowest BCUT2D eigenvalue weighted by Crippen LogP contribution is -2.04. The van der Waals surface area contributed by atoms with Gasteiger partial charge in [-0.3, -0.25) is 4.79 Å². The summed E-state index contributed by atoms with van der Waals surface area (Å²) in [7, 11) is 1.49. The number of thiazole rings is 1. The third-order valence-corrected chi connectivity index (χ3v) is 3.95. The van der Waals surface area contributed by atoms with Gasteiger partial charge in [0, 0.05) is 18.6 Å². The highest BCUT2D eigenvalue weighted by Crippen LogP contribution is 2.31. The Balaban J connectivity index is 2.04. The molecule has 0 aliphatic rings. The minimum atomic E-state index is -0.147. The normalized spacial score (nSPS) is 10.7. The standard InChI is InChI=1S/C14H11ClN4O2S/c1-7(20)16-14-18-9-4-3-8(5-11(9)22-14)10-6-12(15)19-13(17-10)21-2/h3-6H,1-2H3,(H,16,18,20). The zero-order valence-electron chi connectivity index (χ0n) is 11.8. The summed E-state index contributed by atoms with van der Waals surface area (Å²) in [5.41, 5.74) is 2.34. The summed E-state index contributed by atoms with van der Waals surface area (Å²) in [6.45, 7) is 1.45. The van der Waals surface area contributed by atoms with Gasteiger partial charge < -0.3 is 10.1 Å². The average Bonchev–Trinajstić information content (AvgIpc) is 2.86. The Labute approximate surface area is 135 Å². The number of carbonyl (C=O) groups is 1. The topological polar surface area (TPSA) is 77.0 Å². The number of benzene rings is 1. The molecule has 2 aromatic heterocycles. The Hall–Kier alpha value is -2.25. The molecule has 1 aromatic carbocycles. The van der Waals surface area contributed by atoms with Crippen LogP contribution >= 0.6 is 22.9 Å². The molecule has 112 valence electrons. The fourth-order valence-electron chi connectivity index (χ4n) is 1.92. The number of carbonyl (C=O) groups excluding carboxylic acids is 1. The summed E-state index contributed by atoms with van der Waals surface area (Å²) in [5.74, 6) is -0.147.